The molecule has 0 saturated carbocycles. The largest absolute Gasteiger partial charge is 0.353 e. The molecule has 2 aliphatic heterocycles. The topological polar surface area (TPSA) is 44.4 Å². The monoisotopic (exact) mass is 325 g/mol. The minimum atomic E-state index is 0. The summed E-state index contributed by atoms with van der Waals surface area (Å²) in [5, 5.41) is 6.31. The number of amides is 1. The number of halogens is 2. The lowest BCUT2D eigenvalue weighted by molar-refractivity contribution is -0.122. The van der Waals surface area contributed by atoms with Gasteiger partial charge in [-0.1, -0.05) is 13.3 Å². The van der Waals surface area contributed by atoms with E-state index in [0.717, 1.165) is 38.5 Å². The molecule has 0 aromatic rings. The van der Waals surface area contributed by atoms with Gasteiger partial charge in [0.05, 0.1) is 6.04 Å². The highest BCUT2D eigenvalue weighted by atomic mass is 35.5. The van der Waals surface area contributed by atoms with E-state index in [1.165, 1.54) is 32.2 Å². The predicted molar refractivity (Wildman–Crippen MR) is 88.0 cm³/mol. The second-order valence-corrected chi connectivity index (χ2v) is 5.53. The Hall–Kier alpha value is -0.0300. The third-order valence-electron chi connectivity index (χ3n) is 4.30. The van der Waals surface area contributed by atoms with Gasteiger partial charge in [-0.05, 0) is 45.2 Å². The van der Waals surface area contributed by atoms with Crippen molar-refractivity contribution in [3.63, 3.8) is 0 Å². The highest BCUT2D eigenvalue weighted by molar-refractivity contribution is 5.85. The normalized spacial score (nSPS) is 26.4. The van der Waals surface area contributed by atoms with E-state index < -0.39 is 0 Å². The number of likely N-dealkylation sites (tertiary alicyclic amines) is 1. The summed E-state index contributed by atoms with van der Waals surface area (Å²) in [6.45, 7) is 6.27. The summed E-state index contributed by atoms with van der Waals surface area (Å²) < 4.78 is 0. The molecule has 0 spiro atoms. The fourth-order valence-electron chi connectivity index (χ4n) is 3.17. The van der Waals surface area contributed by atoms with E-state index in [1.54, 1.807) is 0 Å². The molecule has 2 atom stereocenters. The number of piperidine rings is 1. The number of nitrogens with one attached hydrogen (secondary N) is 2. The summed E-state index contributed by atoms with van der Waals surface area (Å²) in [4.78, 5) is 14.4. The summed E-state index contributed by atoms with van der Waals surface area (Å²) in [6.07, 6.45) is 7.37. The van der Waals surface area contributed by atoms with E-state index in [-0.39, 0.29) is 36.8 Å². The molecule has 2 aliphatic rings. The molecule has 120 valence electrons. The van der Waals surface area contributed by atoms with E-state index in [4.69, 9.17) is 0 Å². The number of rotatable bonds is 5. The molecular weight excluding hydrogens is 297 g/mol. The lowest BCUT2D eigenvalue weighted by Crippen LogP contribution is -2.46. The van der Waals surface area contributed by atoms with Gasteiger partial charge in [0.15, 0.2) is 0 Å². The Balaban J connectivity index is 0.00000180. The SMILES string of the molecule is CCC1CCCCN1CCNC(=O)C1CCCN1.Cl.Cl. The van der Waals surface area contributed by atoms with Crippen molar-refractivity contribution < 1.29 is 4.79 Å². The predicted octanol–water partition coefficient (Wildman–Crippen LogP) is 1.96. The van der Waals surface area contributed by atoms with E-state index in [0.29, 0.717) is 0 Å². The molecule has 20 heavy (non-hydrogen) atoms. The summed E-state index contributed by atoms with van der Waals surface area (Å²) >= 11 is 0. The Morgan fingerprint density at radius 1 is 1.25 bits per heavy atom. The summed E-state index contributed by atoms with van der Waals surface area (Å²) in [7, 11) is 0. The lowest BCUT2D eigenvalue weighted by atomic mass is 10.0. The minimum absolute atomic E-state index is 0. The van der Waals surface area contributed by atoms with Crippen LogP contribution < -0.4 is 10.6 Å². The van der Waals surface area contributed by atoms with Gasteiger partial charge in [0, 0.05) is 19.1 Å². The Bertz CT molecular complexity index is 273. The first kappa shape index (κ1) is 20.0. The molecule has 0 aromatic carbocycles. The van der Waals surface area contributed by atoms with Crippen molar-refractivity contribution >= 4 is 30.7 Å². The van der Waals surface area contributed by atoms with Crippen molar-refractivity contribution in [2.24, 2.45) is 0 Å². The van der Waals surface area contributed by atoms with Gasteiger partial charge in [0.1, 0.15) is 0 Å². The molecule has 0 radical (unpaired) electrons. The van der Waals surface area contributed by atoms with Crippen LogP contribution in [0.3, 0.4) is 0 Å². The van der Waals surface area contributed by atoms with E-state index >= 15 is 0 Å². The summed E-state index contributed by atoms with van der Waals surface area (Å²) in [6, 6.07) is 0.800. The van der Waals surface area contributed by atoms with E-state index in [1.807, 2.05) is 0 Å². The Kier molecular flexibility index (Phi) is 10.6. The first-order valence-electron chi connectivity index (χ1n) is 7.56. The smallest absolute Gasteiger partial charge is 0.237 e. The van der Waals surface area contributed by atoms with E-state index in [9.17, 15) is 4.79 Å². The van der Waals surface area contributed by atoms with Crippen molar-refractivity contribution in [2.45, 2.75) is 57.5 Å². The van der Waals surface area contributed by atoms with E-state index in [2.05, 4.69) is 22.5 Å². The fraction of sp³-hybridized carbons (Fsp3) is 0.929. The van der Waals surface area contributed by atoms with Crippen molar-refractivity contribution in [1.82, 2.24) is 15.5 Å². The Labute approximate surface area is 135 Å². The van der Waals surface area contributed by atoms with Gasteiger partial charge in [0.25, 0.3) is 0 Å². The number of carbonyl (C=O) groups is 1. The molecule has 2 rings (SSSR count). The highest BCUT2D eigenvalue weighted by Gasteiger charge is 2.23. The molecule has 0 aliphatic carbocycles. The zero-order chi connectivity index (χ0) is 12.8. The van der Waals surface area contributed by atoms with Crippen molar-refractivity contribution in [1.29, 1.82) is 0 Å². The molecule has 6 heteroatoms. The second-order valence-electron chi connectivity index (χ2n) is 5.53. The van der Waals surface area contributed by atoms with Crippen LogP contribution >= 0.6 is 24.8 Å². The molecule has 1 amide bonds. The summed E-state index contributed by atoms with van der Waals surface area (Å²) in [5.74, 6) is 0.192. The number of hydrogen-bond acceptors (Lipinski definition) is 3. The molecule has 2 saturated heterocycles. The van der Waals surface area contributed by atoms with Gasteiger partial charge < -0.3 is 10.6 Å². The quantitative estimate of drug-likeness (QED) is 0.812. The lowest BCUT2D eigenvalue weighted by Gasteiger charge is -2.35. The van der Waals surface area contributed by atoms with Crippen LogP contribution in [0, 0.1) is 0 Å². The maximum Gasteiger partial charge on any atom is 0.237 e. The molecule has 2 heterocycles. The van der Waals surface area contributed by atoms with Crippen molar-refractivity contribution in [3.05, 3.63) is 0 Å². The van der Waals surface area contributed by atoms with Crippen LogP contribution in [0.5, 0.6) is 0 Å². The molecule has 4 nitrogen and oxygen atoms in total. The highest BCUT2D eigenvalue weighted by Crippen LogP contribution is 2.18. The Morgan fingerprint density at radius 2 is 2.05 bits per heavy atom. The van der Waals surface area contributed by atoms with Crippen LogP contribution in [0.2, 0.25) is 0 Å². The molecule has 2 N–H and O–H groups in total. The Morgan fingerprint density at radius 3 is 2.70 bits per heavy atom. The zero-order valence-corrected chi connectivity index (χ0v) is 14.0. The molecule has 2 unspecified atom stereocenters. The number of nitrogens with zero attached hydrogens (tertiary/aromatic N) is 1. The van der Waals surface area contributed by atoms with Gasteiger partial charge in [0.2, 0.25) is 5.91 Å². The first-order chi connectivity index (χ1) is 8.81. The zero-order valence-electron chi connectivity index (χ0n) is 12.4. The first-order valence-corrected chi connectivity index (χ1v) is 7.56. The van der Waals surface area contributed by atoms with Crippen LogP contribution in [-0.4, -0.2) is 49.1 Å². The average Bonchev–Trinajstić information content (AvgIpc) is 2.93. The van der Waals surface area contributed by atoms with Crippen molar-refractivity contribution in [3.8, 4) is 0 Å². The molecular formula is C14H29Cl2N3O. The number of carbonyl (C=O) groups excluding carboxylic acids is 1. The second kappa shape index (κ2) is 10.7. The standard InChI is InChI=1S/C14H27N3O.2ClH/c1-2-12-6-3-4-10-17(12)11-9-16-14(18)13-7-5-8-15-13;;/h12-13,15H,2-11H2,1H3,(H,16,18);2*1H. The van der Waals surface area contributed by atoms with Gasteiger partial charge in [-0.25, -0.2) is 0 Å². The van der Waals surface area contributed by atoms with Gasteiger partial charge in [-0.15, -0.1) is 24.8 Å². The molecule has 0 aromatic heterocycles. The summed E-state index contributed by atoms with van der Waals surface area (Å²) in [5.41, 5.74) is 0. The van der Waals surface area contributed by atoms with Crippen LogP contribution in [-0.2, 0) is 4.79 Å². The maximum absolute atomic E-state index is 11.8. The van der Waals surface area contributed by atoms with Gasteiger partial charge >= 0.3 is 0 Å². The van der Waals surface area contributed by atoms with Crippen LogP contribution in [0.1, 0.15) is 45.4 Å². The van der Waals surface area contributed by atoms with Crippen LogP contribution in [0.15, 0.2) is 0 Å². The van der Waals surface area contributed by atoms with Crippen molar-refractivity contribution in [2.75, 3.05) is 26.2 Å². The molecule has 2 fully saturated rings. The third-order valence-corrected chi connectivity index (χ3v) is 4.30. The fourth-order valence-corrected chi connectivity index (χ4v) is 3.17. The number of hydrogen-bond donors (Lipinski definition) is 2. The van der Waals surface area contributed by atoms with Gasteiger partial charge in [-0.3, -0.25) is 9.69 Å². The van der Waals surface area contributed by atoms with Crippen LogP contribution in [0.4, 0.5) is 0 Å². The molecule has 0 bridgehead atoms. The van der Waals surface area contributed by atoms with Gasteiger partial charge in [-0.2, -0.15) is 0 Å². The maximum atomic E-state index is 11.8. The third kappa shape index (κ3) is 5.76. The average molecular weight is 326 g/mol. The van der Waals surface area contributed by atoms with Crippen LogP contribution in [0.25, 0.3) is 0 Å². The minimum Gasteiger partial charge on any atom is -0.353 e.